The number of azo groups is 1. The molecule has 7 heteroatoms. The second-order valence-corrected chi connectivity index (χ2v) is 4.80. The van der Waals surface area contributed by atoms with Crippen molar-refractivity contribution in [2.45, 2.75) is 34.6 Å². The Hall–Kier alpha value is -2.96. The van der Waals surface area contributed by atoms with E-state index in [1.807, 2.05) is 59.0 Å². The zero-order valence-corrected chi connectivity index (χ0v) is 16.6. The van der Waals surface area contributed by atoms with E-state index in [0.717, 1.165) is 27.9 Å². The summed E-state index contributed by atoms with van der Waals surface area (Å²) in [5.41, 5.74) is 10.3. The van der Waals surface area contributed by atoms with E-state index in [-0.39, 0.29) is 5.95 Å². The van der Waals surface area contributed by atoms with Gasteiger partial charge < -0.3 is 10.5 Å². The lowest BCUT2D eigenvalue weighted by Gasteiger charge is -2.07. The Bertz CT molecular complexity index is 870. The molecule has 26 heavy (non-hydrogen) atoms. The number of anilines is 1. The van der Waals surface area contributed by atoms with Crippen LogP contribution in [0.5, 0.6) is 5.88 Å². The third kappa shape index (κ3) is 4.36. The minimum absolute atomic E-state index is 0.168. The Kier molecular flexibility index (Phi) is 8.21. The molecule has 0 radical (unpaired) electrons. The van der Waals surface area contributed by atoms with Gasteiger partial charge in [-0.1, -0.05) is 33.8 Å². The highest BCUT2D eigenvalue weighted by atomic mass is 16.5. The van der Waals surface area contributed by atoms with Crippen molar-refractivity contribution >= 4 is 17.2 Å². The molecule has 0 saturated carbocycles. The van der Waals surface area contributed by atoms with Crippen molar-refractivity contribution in [3.63, 3.8) is 0 Å². The van der Waals surface area contributed by atoms with Crippen molar-refractivity contribution in [1.82, 2.24) is 14.6 Å². The normalized spacial score (nSPS) is 10.1. The molecule has 2 aromatic heterocycles. The summed E-state index contributed by atoms with van der Waals surface area (Å²) in [6.45, 7) is 10.00. The summed E-state index contributed by atoms with van der Waals surface area (Å²) in [6.07, 6.45) is 1.83. The number of aryl methyl sites for hydroxylation is 1. The summed E-state index contributed by atoms with van der Waals surface area (Å²) < 4.78 is 7.01. The minimum Gasteiger partial charge on any atom is -0.479 e. The second kappa shape index (κ2) is 10.1. The van der Waals surface area contributed by atoms with Crippen LogP contribution in [-0.4, -0.2) is 28.8 Å². The number of rotatable bonds is 3. The van der Waals surface area contributed by atoms with Gasteiger partial charge in [0.1, 0.15) is 5.52 Å². The van der Waals surface area contributed by atoms with Crippen LogP contribution in [0.25, 0.3) is 16.6 Å². The first kappa shape index (κ1) is 21.1. The molecule has 3 aromatic rings. The number of nitrogen functional groups attached to an aromatic ring is 1. The number of benzene rings is 1. The van der Waals surface area contributed by atoms with Gasteiger partial charge in [-0.15, -0.1) is 5.10 Å². The third-order valence-corrected chi connectivity index (χ3v) is 3.40. The smallest absolute Gasteiger partial charge is 0.243 e. The van der Waals surface area contributed by atoms with Gasteiger partial charge in [0, 0.05) is 18.8 Å². The Labute approximate surface area is 154 Å². The van der Waals surface area contributed by atoms with E-state index in [2.05, 4.69) is 26.4 Å². The highest BCUT2D eigenvalue weighted by Crippen LogP contribution is 2.33. The predicted octanol–water partition coefficient (Wildman–Crippen LogP) is 5.06. The summed E-state index contributed by atoms with van der Waals surface area (Å²) in [6, 6.07) is 7.94. The maximum atomic E-state index is 5.68. The summed E-state index contributed by atoms with van der Waals surface area (Å²) >= 11 is 0. The van der Waals surface area contributed by atoms with Crippen LogP contribution in [0.15, 0.2) is 40.7 Å². The largest absolute Gasteiger partial charge is 0.479 e. The molecule has 0 aliphatic rings. The molecule has 0 spiro atoms. The zero-order valence-electron chi connectivity index (χ0n) is 16.6. The fraction of sp³-hybridized carbons (Fsp3) is 0.368. The molecule has 1 aromatic carbocycles. The quantitative estimate of drug-likeness (QED) is 0.664. The number of methoxy groups -OCH3 is 1. The molecule has 0 bridgehead atoms. The minimum atomic E-state index is 0.168. The van der Waals surface area contributed by atoms with E-state index in [9.17, 15) is 0 Å². The SMILES string of the molecule is CC.CC.CN=Nc1ccc(-c2ccn3nc(N)nc(OC)c23)cc1C. The average Bonchev–Trinajstić information content (AvgIpc) is 3.10. The van der Waals surface area contributed by atoms with E-state index in [0.29, 0.717) is 5.88 Å². The molecule has 0 aliphatic heterocycles. The first-order valence-electron chi connectivity index (χ1n) is 8.73. The van der Waals surface area contributed by atoms with E-state index in [1.165, 1.54) is 0 Å². The van der Waals surface area contributed by atoms with Gasteiger partial charge in [0.2, 0.25) is 11.8 Å². The van der Waals surface area contributed by atoms with Gasteiger partial charge in [0.25, 0.3) is 0 Å². The lowest BCUT2D eigenvalue weighted by molar-refractivity contribution is 0.400. The number of fused-ring (bicyclic) bond motifs is 1. The van der Waals surface area contributed by atoms with Crippen LogP contribution >= 0.6 is 0 Å². The van der Waals surface area contributed by atoms with Gasteiger partial charge in [0.15, 0.2) is 0 Å². The van der Waals surface area contributed by atoms with Crippen LogP contribution < -0.4 is 10.5 Å². The zero-order chi connectivity index (χ0) is 19.7. The van der Waals surface area contributed by atoms with Gasteiger partial charge >= 0.3 is 0 Å². The summed E-state index contributed by atoms with van der Waals surface area (Å²) in [4.78, 5) is 4.14. The van der Waals surface area contributed by atoms with Gasteiger partial charge in [0.05, 0.1) is 12.8 Å². The van der Waals surface area contributed by atoms with Crippen LogP contribution in [0.4, 0.5) is 11.6 Å². The summed E-state index contributed by atoms with van der Waals surface area (Å²) in [5.74, 6) is 0.615. The number of nitrogens with zero attached hydrogens (tertiary/aromatic N) is 5. The fourth-order valence-corrected chi connectivity index (χ4v) is 2.43. The maximum absolute atomic E-state index is 5.68. The van der Waals surface area contributed by atoms with Gasteiger partial charge in [-0.05, 0) is 36.2 Å². The highest BCUT2D eigenvalue weighted by Gasteiger charge is 2.14. The van der Waals surface area contributed by atoms with Crippen LogP contribution in [-0.2, 0) is 0 Å². The number of aromatic nitrogens is 3. The van der Waals surface area contributed by atoms with Crippen LogP contribution in [0.1, 0.15) is 33.3 Å². The molecule has 2 heterocycles. The first-order chi connectivity index (χ1) is 12.6. The lowest BCUT2D eigenvalue weighted by Crippen LogP contribution is -2.03. The Morgan fingerprint density at radius 3 is 2.38 bits per heavy atom. The van der Waals surface area contributed by atoms with E-state index >= 15 is 0 Å². The van der Waals surface area contributed by atoms with Gasteiger partial charge in [-0.25, -0.2) is 4.52 Å². The molecule has 0 amide bonds. The van der Waals surface area contributed by atoms with Crippen molar-refractivity contribution in [3.05, 3.63) is 36.0 Å². The molecule has 7 nitrogen and oxygen atoms in total. The number of ether oxygens (including phenoxy) is 1. The number of nitrogens with two attached hydrogens (primary N) is 1. The topological polar surface area (TPSA) is 90.2 Å². The molecule has 0 atom stereocenters. The third-order valence-electron chi connectivity index (χ3n) is 3.40. The predicted molar refractivity (Wildman–Crippen MR) is 107 cm³/mol. The van der Waals surface area contributed by atoms with Gasteiger partial charge in [-0.3, -0.25) is 0 Å². The highest BCUT2D eigenvalue weighted by molar-refractivity contribution is 5.85. The second-order valence-electron chi connectivity index (χ2n) is 4.80. The Morgan fingerprint density at radius 1 is 1.12 bits per heavy atom. The van der Waals surface area contributed by atoms with Crippen molar-refractivity contribution in [2.24, 2.45) is 10.2 Å². The fourth-order valence-electron chi connectivity index (χ4n) is 2.43. The molecule has 0 saturated heterocycles. The molecule has 0 fully saturated rings. The van der Waals surface area contributed by atoms with Crippen LogP contribution in [0.3, 0.4) is 0 Å². The van der Waals surface area contributed by atoms with Crippen molar-refractivity contribution in [1.29, 1.82) is 0 Å². The van der Waals surface area contributed by atoms with Gasteiger partial charge in [-0.2, -0.15) is 15.2 Å². The number of hydrogen-bond donors (Lipinski definition) is 1. The first-order valence-corrected chi connectivity index (χ1v) is 8.73. The van der Waals surface area contributed by atoms with Crippen molar-refractivity contribution in [3.8, 4) is 17.0 Å². The van der Waals surface area contributed by atoms with Crippen molar-refractivity contribution < 1.29 is 4.74 Å². The van der Waals surface area contributed by atoms with Crippen molar-refractivity contribution in [2.75, 3.05) is 19.9 Å². The van der Waals surface area contributed by atoms with Crippen LogP contribution in [0, 0.1) is 6.92 Å². The molecule has 140 valence electrons. The van der Waals surface area contributed by atoms with E-state index in [4.69, 9.17) is 10.5 Å². The lowest BCUT2D eigenvalue weighted by atomic mass is 10.0. The summed E-state index contributed by atoms with van der Waals surface area (Å²) in [5, 5.41) is 12.1. The van der Waals surface area contributed by atoms with E-state index < -0.39 is 0 Å². The Morgan fingerprint density at radius 2 is 1.81 bits per heavy atom. The molecular formula is C19H28N6O. The Balaban J connectivity index is 0.000000791. The monoisotopic (exact) mass is 356 g/mol. The average molecular weight is 356 g/mol. The van der Waals surface area contributed by atoms with E-state index in [1.54, 1.807) is 18.7 Å². The number of hydrogen-bond acceptors (Lipinski definition) is 6. The van der Waals surface area contributed by atoms with Crippen LogP contribution in [0.2, 0.25) is 0 Å². The maximum Gasteiger partial charge on any atom is 0.243 e. The molecule has 0 unspecified atom stereocenters. The summed E-state index contributed by atoms with van der Waals surface area (Å²) in [7, 11) is 3.22. The standard InChI is InChI=1S/C15H16N6O.2C2H6/c1-9-8-10(4-5-12(9)19-17-2)11-6-7-21-13(11)14(22-3)18-15(16)20-21;2*1-2/h4-8H,1-3H3,(H2,16,20);2*1-2H3. The molecule has 3 rings (SSSR count). The molecule has 0 aliphatic carbocycles. The molecule has 2 N–H and O–H groups in total. The molecular weight excluding hydrogens is 328 g/mol.